The highest BCUT2D eigenvalue weighted by Gasteiger charge is 2.30. The maximum Gasteiger partial charge on any atom is 0.160 e. The monoisotopic (exact) mass is 248 g/mol. The topological polar surface area (TPSA) is 18.5 Å². The molecule has 1 aliphatic rings. The molecule has 0 amide bonds. The molecule has 1 aliphatic heterocycles. The van der Waals surface area contributed by atoms with Crippen LogP contribution in [0.1, 0.15) is 34.1 Å². The molecule has 2 atom stereocenters. The molecule has 0 bridgehead atoms. The van der Waals surface area contributed by atoms with Crippen molar-refractivity contribution in [3.63, 3.8) is 0 Å². The van der Waals surface area contributed by atoms with Gasteiger partial charge in [-0.25, -0.2) is 0 Å². The molecular weight excluding hydrogens is 224 g/mol. The van der Waals surface area contributed by atoms with Crippen LogP contribution >= 0.6 is 0 Å². The summed E-state index contributed by atoms with van der Waals surface area (Å²) in [5, 5.41) is 0. The summed E-state index contributed by atoms with van der Waals surface area (Å²) >= 11 is 0. The van der Waals surface area contributed by atoms with Crippen molar-refractivity contribution in [1.29, 1.82) is 0 Å². The van der Waals surface area contributed by atoms with Crippen LogP contribution in [0.3, 0.4) is 0 Å². The summed E-state index contributed by atoms with van der Waals surface area (Å²) in [5.41, 5.74) is 0.129. The molecule has 0 aliphatic carbocycles. The molecule has 0 aromatic carbocycles. The zero-order chi connectivity index (χ0) is 10.6. The van der Waals surface area contributed by atoms with Crippen LogP contribution in [0.5, 0.6) is 0 Å². The molecule has 0 saturated carbocycles. The third kappa shape index (κ3) is 3.62. The van der Waals surface area contributed by atoms with Crippen LogP contribution in [0, 0.1) is 5.92 Å². The zero-order valence-electron chi connectivity index (χ0n) is 10.0. The Morgan fingerprint density at radius 1 is 1.57 bits per heavy atom. The van der Waals surface area contributed by atoms with Gasteiger partial charge < -0.3 is 8.85 Å². The van der Waals surface area contributed by atoms with Gasteiger partial charge in [0.15, 0.2) is 8.56 Å². The summed E-state index contributed by atoms with van der Waals surface area (Å²) < 4.78 is 11.9. The molecule has 1 rings (SSSR count). The second kappa shape index (κ2) is 5.60. The first kappa shape index (κ1) is 12.6. The van der Waals surface area contributed by atoms with Crippen molar-refractivity contribution < 1.29 is 8.85 Å². The third-order valence-corrected chi connectivity index (χ3v) is 19.9. The highest BCUT2D eigenvalue weighted by atomic mass is 29.6. The van der Waals surface area contributed by atoms with Gasteiger partial charge >= 0.3 is 0 Å². The molecule has 1 saturated heterocycles. The van der Waals surface area contributed by atoms with Crippen molar-refractivity contribution in [2.75, 3.05) is 6.61 Å². The van der Waals surface area contributed by atoms with E-state index in [9.17, 15) is 0 Å². The average Bonchev–Trinajstić information content (AvgIpc) is 2.17. The van der Waals surface area contributed by atoms with E-state index in [-0.39, 0.29) is 23.4 Å². The molecule has 84 valence electrons. The lowest BCUT2D eigenvalue weighted by Crippen LogP contribution is -2.46. The second-order valence-electron chi connectivity index (χ2n) is 4.84. The van der Waals surface area contributed by atoms with Crippen LogP contribution in [0.15, 0.2) is 0 Å². The van der Waals surface area contributed by atoms with Gasteiger partial charge in [-0.1, -0.05) is 20.3 Å². The van der Waals surface area contributed by atoms with Crippen LogP contribution < -0.4 is 0 Å². The molecule has 2 nitrogen and oxygen atoms in total. The fraction of sp³-hybridized carbons (Fsp3) is 1.00. The lowest BCUT2D eigenvalue weighted by molar-refractivity contribution is 0.0499. The van der Waals surface area contributed by atoms with Gasteiger partial charge in [0, 0.05) is 6.61 Å². The first-order chi connectivity index (χ1) is 6.56. The van der Waals surface area contributed by atoms with E-state index >= 15 is 0 Å². The summed E-state index contributed by atoms with van der Waals surface area (Å²) in [5.74, 6) is 0.688. The normalized spacial score (nSPS) is 29.6. The van der Waals surface area contributed by atoms with Crippen LogP contribution in [0.25, 0.3) is 0 Å². The number of rotatable bonds is 4. The Kier molecular flexibility index (Phi) is 5.05. The second-order valence-corrected chi connectivity index (χ2v) is 19.2. The minimum Gasteiger partial charge on any atom is -0.428 e. The molecule has 0 aromatic heterocycles. The van der Waals surface area contributed by atoms with Crippen molar-refractivity contribution in [2.24, 2.45) is 5.92 Å². The lowest BCUT2D eigenvalue weighted by atomic mass is 9.91. The van der Waals surface area contributed by atoms with Crippen molar-refractivity contribution in [1.82, 2.24) is 0 Å². The minimum atomic E-state index is -0.746. The third-order valence-electron chi connectivity index (χ3n) is 3.44. The van der Waals surface area contributed by atoms with Crippen LogP contribution in [0.4, 0.5) is 0 Å². The van der Waals surface area contributed by atoms with E-state index in [0.717, 1.165) is 6.61 Å². The van der Waals surface area contributed by atoms with Gasteiger partial charge in [-0.05, 0) is 25.8 Å². The van der Waals surface area contributed by atoms with Crippen LogP contribution in [-0.2, 0) is 8.85 Å². The lowest BCUT2D eigenvalue weighted by Gasteiger charge is -2.36. The number of hydrogen-bond acceptors (Lipinski definition) is 2. The fourth-order valence-electron chi connectivity index (χ4n) is 1.83. The van der Waals surface area contributed by atoms with E-state index in [1.807, 2.05) is 0 Å². The van der Waals surface area contributed by atoms with E-state index in [0.29, 0.717) is 5.92 Å². The van der Waals surface area contributed by atoms with Gasteiger partial charge in [-0.3, -0.25) is 0 Å². The summed E-state index contributed by atoms with van der Waals surface area (Å²) in [6.07, 6.45) is 1.23. The predicted octanol–water partition coefficient (Wildman–Crippen LogP) is 0.246. The maximum absolute atomic E-state index is 6.39. The first-order valence-corrected chi connectivity index (χ1v) is 14.9. The summed E-state index contributed by atoms with van der Waals surface area (Å²) in [7, 11) is -0.672. The highest BCUT2D eigenvalue weighted by Crippen LogP contribution is 2.25. The Bertz CT molecular complexity index is 169. The molecule has 0 spiro atoms. The largest absolute Gasteiger partial charge is 0.428 e. The highest BCUT2D eigenvalue weighted by molar-refractivity contribution is 7.33. The fourth-order valence-corrected chi connectivity index (χ4v) is 17.4. The SMILES string of the molecule is CCC(C)C(C)(C)O[SiH]1CCO[SiH2][SiH2]1. The Hall–Kier alpha value is 0.571. The van der Waals surface area contributed by atoms with Gasteiger partial charge in [0.2, 0.25) is 0 Å². The molecule has 1 fully saturated rings. The molecule has 2 unspecified atom stereocenters. The molecule has 1 heterocycles. The van der Waals surface area contributed by atoms with Gasteiger partial charge in [0.25, 0.3) is 0 Å². The van der Waals surface area contributed by atoms with Crippen molar-refractivity contribution in [2.45, 2.75) is 45.8 Å². The first-order valence-electron chi connectivity index (χ1n) is 5.82. The Morgan fingerprint density at radius 3 is 2.79 bits per heavy atom. The van der Waals surface area contributed by atoms with Gasteiger partial charge in [-0.2, -0.15) is 0 Å². The average molecular weight is 249 g/mol. The minimum absolute atomic E-state index is 0.0631. The summed E-state index contributed by atoms with van der Waals surface area (Å²) in [4.78, 5) is 0. The van der Waals surface area contributed by atoms with E-state index in [1.54, 1.807) is 0 Å². The Labute approximate surface area is 93.8 Å². The molecular formula is C9H24O2Si3. The van der Waals surface area contributed by atoms with Crippen molar-refractivity contribution in [3.8, 4) is 0 Å². The van der Waals surface area contributed by atoms with Crippen molar-refractivity contribution in [3.05, 3.63) is 0 Å². The molecule has 0 radical (unpaired) electrons. The Balaban J connectivity index is 2.40. The Morgan fingerprint density at radius 2 is 2.29 bits per heavy atom. The van der Waals surface area contributed by atoms with E-state index in [4.69, 9.17) is 8.85 Å². The van der Waals surface area contributed by atoms with Crippen molar-refractivity contribution >= 4 is 26.4 Å². The molecule has 14 heavy (non-hydrogen) atoms. The van der Waals surface area contributed by atoms with Crippen LogP contribution in [0.2, 0.25) is 6.04 Å². The predicted molar refractivity (Wildman–Crippen MR) is 69.6 cm³/mol. The zero-order valence-corrected chi connectivity index (χ0v) is 14.0. The van der Waals surface area contributed by atoms with Gasteiger partial charge in [0.1, 0.15) is 9.28 Å². The summed E-state index contributed by atoms with van der Waals surface area (Å²) in [6.45, 7) is 10.1. The number of hydrogen-bond donors (Lipinski definition) is 0. The van der Waals surface area contributed by atoms with Gasteiger partial charge in [0.05, 0.1) is 14.2 Å². The maximum atomic E-state index is 6.39. The smallest absolute Gasteiger partial charge is 0.160 e. The van der Waals surface area contributed by atoms with Gasteiger partial charge in [-0.15, -0.1) is 0 Å². The standard InChI is InChI=1S/C9H24O2Si3/c1-5-8(2)9(3,4)11-14-7-6-10-12-13-14/h8,14H,5-7,12-13H2,1-4H3. The summed E-state index contributed by atoms with van der Waals surface area (Å²) in [6, 6.07) is 1.29. The van der Waals surface area contributed by atoms with E-state index < -0.39 is 8.56 Å². The van der Waals surface area contributed by atoms with E-state index in [2.05, 4.69) is 27.7 Å². The molecule has 0 aromatic rings. The molecule has 0 N–H and O–H groups in total. The quantitative estimate of drug-likeness (QED) is 0.664. The van der Waals surface area contributed by atoms with E-state index in [1.165, 1.54) is 12.5 Å². The van der Waals surface area contributed by atoms with Crippen LogP contribution in [-0.4, -0.2) is 38.6 Å². The molecule has 5 heteroatoms.